The topological polar surface area (TPSA) is 128 Å². The molecule has 3 aromatic heterocycles. The van der Waals surface area contributed by atoms with Crippen LogP contribution in [0.5, 0.6) is 0 Å². The zero-order chi connectivity index (χ0) is 30.3. The van der Waals surface area contributed by atoms with Crippen LogP contribution in [0.15, 0.2) is 64.2 Å². The molecule has 5 aromatic rings. The second kappa shape index (κ2) is 11.5. The average Bonchev–Trinajstić information content (AvgIpc) is 3.31. The van der Waals surface area contributed by atoms with Crippen molar-refractivity contribution in [1.29, 1.82) is 0 Å². The van der Waals surface area contributed by atoms with Crippen LogP contribution < -0.4 is 5.14 Å². The summed E-state index contributed by atoms with van der Waals surface area (Å²) in [5, 5.41) is 23.5. The number of carbonyl (C=O) groups is 1. The third-order valence-electron chi connectivity index (χ3n) is 7.16. The second-order valence-corrected chi connectivity index (χ2v) is 13.7. The van der Waals surface area contributed by atoms with E-state index in [9.17, 15) is 22.7 Å². The van der Waals surface area contributed by atoms with Crippen LogP contribution in [0.1, 0.15) is 56.2 Å². The number of benzene rings is 2. The summed E-state index contributed by atoms with van der Waals surface area (Å²) in [5.41, 5.74) is 5.47. The number of thiazole rings is 1. The first kappa shape index (κ1) is 28.9. The maximum atomic E-state index is 14.9. The van der Waals surface area contributed by atoms with Gasteiger partial charge in [0.15, 0.2) is 5.69 Å². The number of nitrogens with two attached hydrogens (primary N) is 1. The maximum Gasteiger partial charge on any atom is 0.355 e. The average molecular weight is 633 g/mol. The summed E-state index contributed by atoms with van der Waals surface area (Å²) in [7, 11) is -4.21. The van der Waals surface area contributed by atoms with Crippen molar-refractivity contribution in [2.24, 2.45) is 11.1 Å². The van der Waals surface area contributed by atoms with Crippen LogP contribution in [0.2, 0.25) is 0 Å². The lowest BCUT2D eigenvalue weighted by molar-refractivity contribution is 0.0691. The van der Waals surface area contributed by atoms with Gasteiger partial charge in [-0.2, -0.15) is 5.10 Å². The highest BCUT2D eigenvalue weighted by Crippen LogP contribution is 2.38. The number of thiophene rings is 1. The number of hydrogen-bond acceptors (Lipinski definition) is 7. The van der Waals surface area contributed by atoms with Gasteiger partial charge in [0, 0.05) is 28.5 Å². The predicted octanol–water partition coefficient (Wildman–Crippen LogP) is 5.79. The third-order valence-corrected chi connectivity index (χ3v) is 9.86. The zero-order valence-electron chi connectivity index (χ0n) is 22.9. The van der Waals surface area contributed by atoms with Crippen LogP contribution in [0.4, 0.5) is 4.39 Å². The lowest BCUT2D eigenvalue weighted by atomic mass is 9.96. The van der Waals surface area contributed by atoms with Gasteiger partial charge in [0.05, 0.1) is 16.3 Å². The van der Waals surface area contributed by atoms with Crippen LogP contribution in [0.3, 0.4) is 0 Å². The summed E-state index contributed by atoms with van der Waals surface area (Å²) in [6.45, 7) is 2.02. The van der Waals surface area contributed by atoms with E-state index < -0.39 is 26.7 Å². The van der Waals surface area contributed by atoms with Crippen molar-refractivity contribution in [2.45, 2.75) is 37.5 Å². The first-order valence-electron chi connectivity index (χ1n) is 13.3. The molecule has 3 N–H and O–H groups in total. The molecular weight excluding hydrogens is 608 g/mol. The fourth-order valence-corrected chi connectivity index (χ4v) is 6.92. The minimum Gasteiger partial charge on any atom is -0.476 e. The molecule has 43 heavy (non-hydrogen) atoms. The number of aryl methyl sites for hydroxylation is 1. The van der Waals surface area contributed by atoms with Gasteiger partial charge in [-0.05, 0) is 78.9 Å². The smallest absolute Gasteiger partial charge is 0.355 e. The van der Waals surface area contributed by atoms with Crippen LogP contribution in [-0.2, 0) is 22.9 Å². The van der Waals surface area contributed by atoms with Crippen molar-refractivity contribution in [1.82, 2.24) is 14.8 Å². The molecule has 0 bridgehead atoms. The van der Waals surface area contributed by atoms with Crippen molar-refractivity contribution >= 4 is 38.7 Å². The lowest BCUT2D eigenvalue weighted by Crippen LogP contribution is -2.14. The number of rotatable bonds is 8. The molecule has 0 unspecified atom stereocenters. The van der Waals surface area contributed by atoms with Gasteiger partial charge < -0.3 is 5.11 Å². The first-order valence-corrected chi connectivity index (χ1v) is 16.6. The summed E-state index contributed by atoms with van der Waals surface area (Å²) < 4.78 is 40.2. The highest BCUT2D eigenvalue weighted by Gasteiger charge is 2.29. The van der Waals surface area contributed by atoms with Crippen LogP contribution in [-0.4, -0.2) is 34.3 Å². The molecular formula is C31H25FN4O4S3. The number of sulfonamides is 1. The molecule has 1 aliphatic carbocycles. The normalized spacial score (nSPS) is 13.1. The van der Waals surface area contributed by atoms with E-state index in [0.717, 1.165) is 45.7 Å². The number of aromatic carboxylic acids is 1. The number of nitrogens with zero attached hydrogens (tertiary/aromatic N) is 3. The van der Waals surface area contributed by atoms with Gasteiger partial charge in [0.25, 0.3) is 0 Å². The van der Waals surface area contributed by atoms with Gasteiger partial charge in [0.2, 0.25) is 15.2 Å². The standard InChI is InChI=1S/C31H25FN4O4S3/c1-18-11-12-41-27(18)9-7-19-3-2-4-22(13-19)29-23(14-21-8-10-28(24(32)15-21)43(33,39)40)26(16-20-5-6-20)36(35-29)31-34-25(17-42-31)30(37)38/h2-4,8,10-13,15,17,20H,5-6,14,16H2,1H3,(H,37,38)(H2,33,39,40). The molecule has 0 spiro atoms. The Labute approximate surface area is 255 Å². The van der Waals surface area contributed by atoms with Gasteiger partial charge in [-0.1, -0.05) is 30.0 Å². The SMILES string of the molecule is Cc1ccsc1C#Cc1cccc(-c2nn(-c3nc(C(=O)O)cs3)c(CC3CC3)c2Cc2ccc(S(N)(=O)=O)c(F)c2)c1. The van der Waals surface area contributed by atoms with Crippen molar-refractivity contribution in [3.63, 3.8) is 0 Å². The molecule has 1 fully saturated rings. The molecule has 12 heteroatoms. The molecule has 0 amide bonds. The maximum absolute atomic E-state index is 14.9. The molecule has 3 heterocycles. The minimum atomic E-state index is -4.21. The van der Waals surface area contributed by atoms with E-state index in [4.69, 9.17) is 10.2 Å². The molecule has 1 aliphatic rings. The van der Waals surface area contributed by atoms with Crippen molar-refractivity contribution in [3.8, 4) is 28.2 Å². The summed E-state index contributed by atoms with van der Waals surface area (Å²) in [5.74, 6) is 4.86. The molecule has 2 aromatic carbocycles. The van der Waals surface area contributed by atoms with E-state index in [0.29, 0.717) is 28.7 Å². The molecule has 0 radical (unpaired) electrons. The number of halogens is 1. The Bertz CT molecular complexity index is 2050. The Morgan fingerprint density at radius 2 is 1.98 bits per heavy atom. The summed E-state index contributed by atoms with van der Waals surface area (Å²) in [4.78, 5) is 16.3. The second-order valence-electron chi connectivity index (χ2n) is 10.4. The fourth-order valence-electron chi connectivity index (χ4n) is 4.79. The lowest BCUT2D eigenvalue weighted by Gasteiger charge is -2.10. The van der Waals surface area contributed by atoms with Gasteiger partial charge in [-0.15, -0.1) is 22.7 Å². The molecule has 0 atom stereocenters. The van der Waals surface area contributed by atoms with Gasteiger partial charge in [0.1, 0.15) is 10.7 Å². The summed E-state index contributed by atoms with van der Waals surface area (Å²) in [6.07, 6.45) is 3.05. The fraction of sp³-hybridized carbons (Fsp3) is 0.194. The Morgan fingerprint density at radius 1 is 1.16 bits per heavy atom. The van der Waals surface area contributed by atoms with E-state index >= 15 is 0 Å². The van der Waals surface area contributed by atoms with Crippen LogP contribution >= 0.6 is 22.7 Å². The van der Waals surface area contributed by atoms with E-state index in [1.807, 2.05) is 42.6 Å². The summed E-state index contributed by atoms with van der Waals surface area (Å²) in [6, 6.07) is 13.6. The molecule has 1 saturated carbocycles. The molecule has 0 saturated heterocycles. The number of carboxylic acid groups (broad SMARTS) is 1. The highest BCUT2D eigenvalue weighted by atomic mass is 32.2. The Balaban J connectivity index is 1.50. The Hall–Kier alpha value is -4.15. The number of primary sulfonamides is 1. The molecule has 8 nitrogen and oxygen atoms in total. The third kappa shape index (κ3) is 6.30. The molecule has 6 rings (SSSR count). The quantitative estimate of drug-likeness (QED) is 0.208. The van der Waals surface area contributed by atoms with Gasteiger partial charge >= 0.3 is 5.97 Å². The predicted molar refractivity (Wildman–Crippen MR) is 164 cm³/mol. The minimum absolute atomic E-state index is 0.0715. The summed E-state index contributed by atoms with van der Waals surface area (Å²) >= 11 is 2.76. The largest absolute Gasteiger partial charge is 0.476 e. The number of hydrogen-bond donors (Lipinski definition) is 2. The van der Waals surface area contributed by atoms with Crippen molar-refractivity contribution < 1.29 is 22.7 Å². The highest BCUT2D eigenvalue weighted by molar-refractivity contribution is 7.89. The van der Waals surface area contributed by atoms with Gasteiger partial charge in [-0.25, -0.2) is 32.4 Å². The van der Waals surface area contributed by atoms with E-state index in [1.54, 1.807) is 22.1 Å². The molecule has 218 valence electrons. The number of aromatic nitrogens is 3. The van der Waals surface area contributed by atoms with Crippen LogP contribution in [0.25, 0.3) is 16.4 Å². The van der Waals surface area contributed by atoms with E-state index in [1.165, 1.54) is 28.8 Å². The van der Waals surface area contributed by atoms with Crippen molar-refractivity contribution in [2.75, 3.05) is 0 Å². The van der Waals surface area contributed by atoms with Gasteiger partial charge in [-0.3, -0.25) is 0 Å². The number of carboxylic acids is 1. The first-order chi connectivity index (χ1) is 20.6. The molecule has 0 aliphatic heterocycles. The Kier molecular flexibility index (Phi) is 7.74. The van der Waals surface area contributed by atoms with E-state index in [-0.39, 0.29) is 12.1 Å². The van der Waals surface area contributed by atoms with E-state index in [2.05, 4.69) is 16.8 Å². The zero-order valence-corrected chi connectivity index (χ0v) is 25.3. The van der Waals surface area contributed by atoms with Crippen LogP contribution in [0, 0.1) is 30.5 Å². The Morgan fingerprint density at radius 3 is 2.63 bits per heavy atom. The monoisotopic (exact) mass is 632 g/mol. The van der Waals surface area contributed by atoms with Crippen molar-refractivity contribution in [3.05, 3.63) is 104 Å².